The van der Waals surface area contributed by atoms with E-state index in [9.17, 15) is 4.79 Å². The van der Waals surface area contributed by atoms with Crippen LogP contribution in [-0.2, 0) is 16.0 Å². The average molecular weight is 554 g/mol. The van der Waals surface area contributed by atoms with Crippen molar-refractivity contribution in [2.75, 3.05) is 40.3 Å². The molecule has 3 rings (SSSR count). The third-order valence-electron chi connectivity index (χ3n) is 5.50. The van der Waals surface area contributed by atoms with Crippen LogP contribution in [0.1, 0.15) is 35.8 Å². The largest absolute Gasteiger partial charge is 0.469 e. The Morgan fingerprint density at radius 3 is 2.66 bits per heavy atom. The fraction of sp³-hybridized carbons (Fsp3) is 0.500. The zero-order valence-electron chi connectivity index (χ0n) is 19.2. The monoisotopic (exact) mass is 554 g/mol. The summed E-state index contributed by atoms with van der Waals surface area (Å²) in [5.74, 6) is 1.84. The molecule has 1 aliphatic rings. The Hall–Kier alpha value is -2.07. The number of halogens is 1. The van der Waals surface area contributed by atoms with E-state index >= 15 is 0 Å². The number of guanidine groups is 1. The van der Waals surface area contributed by atoms with Gasteiger partial charge in [0, 0.05) is 46.1 Å². The van der Waals surface area contributed by atoms with E-state index < -0.39 is 0 Å². The number of amides is 1. The van der Waals surface area contributed by atoms with E-state index in [2.05, 4.69) is 46.8 Å². The summed E-state index contributed by atoms with van der Waals surface area (Å²) in [6.45, 7) is 4.37. The number of rotatable bonds is 8. The number of carbonyl (C=O) groups is 1. The average Bonchev–Trinajstić information content (AvgIpc) is 3.29. The Morgan fingerprint density at radius 2 is 1.97 bits per heavy atom. The van der Waals surface area contributed by atoms with E-state index in [-0.39, 0.29) is 42.5 Å². The first-order chi connectivity index (χ1) is 15.0. The molecule has 2 N–H and O–H groups in total. The van der Waals surface area contributed by atoms with Crippen molar-refractivity contribution in [1.82, 2.24) is 15.5 Å². The molecule has 2 atom stereocenters. The van der Waals surface area contributed by atoms with Gasteiger partial charge in [-0.15, -0.1) is 24.0 Å². The molecule has 1 fully saturated rings. The number of furan rings is 1. The van der Waals surface area contributed by atoms with Gasteiger partial charge < -0.3 is 24.7 Å². The highest BCUT2D eigenvalue weighted by Crippen LogP contribution is 2.33. The molecule has 2 unspecified atom stereocenters. The molecule has 1 aromatic heterocycles. The Morgan fingerprint density at radius 1 is 1.19 bits per heavy atom. The third kappa shape index (κ3) is 8.12. The molecule has 2 aromatic rings. The molecule has 2 heterocycles. The van der Waals surface area contributed by atoms with Crippen LogP contribution < -0.4 is 10.6 Å². The smallest absolute Gasteiger partial charge is 0.243 e. The van der Waals surface area contributed by atoms with Gasteiger partial charge in [0.15, 0.2) is 5.96 Å². The molecule has 0 aliphatic carbocycles. The van der Waals surface area contributed by atoms with Crippen LogP contribution in [0.25, 0.3) is 0 Å². The number of benzene rings is 1. The van der Waals surface area contributed by atoms with Gasteiger partial charge in [-0.25, -0.2) is 4.99 Å². The molecular formula is C24H35IN4O3. The maximum Gasteiger partial charge on any atom is 0.243 e. The molecule has 32 heavy (non-hydrogen) atoms. The third-order valence-corrected chi connectivity index (χ3v) is 5.50. The fourth-order valence-electron chi connectivity index (χ4n) is 3.63. The highest BCUT2D eigenvalue weighted by atomic mass is 127. The van der Waals surface area contributed by atoms with Crippen molar-refractivity contribution in [3.05, 3.63) is 59.5 Å². The Labute approximate surface area is 208 Å². The summed E-state index contributed by atoms with van der Waals surface area (Å²) >= 11 is 0. The number of ether oxygens (including phenoxy) is 1. The second-order valence-electron chi connectivity index (χ2n) is 8.19. The van der Waals surface area contributed by atoms with Gasteiger partial charge in [0.1, 0.15) is 12.3 Å². The SMILES string of the molecule is Cc1ccc(C2OCCCC2CNC(=NCC(=O)N(C)C)NCCc2ccco2)cc1.I. The molecular weight excluding hydrogens is 519 g/mol. The van der Waals surface area contributed by atoms with E-state index in [4.69, 9.17) is 9.15 Å². The minimum Gasteiger partial charge on any atom is -0.469 e. The molecule has 0 bridgehead atoms. The summed E-state index contributed by atoms with van der Waals surface area (Å²) in [5.41, 5.74) is 2.46. The van der Waals surface area contributed by atoms with Crippen LogP contribution in [0.3, 0.4) is 0 Å². The molecule has 1 amide bonds. The highest BCUT2D eigenvalue weighted by molar-refractivity contribution is 14.0. The molecule has 0 saturated carbocycles. The second-order valence-corrected chi connectivity index (χ2v) is 8.19. The lowest BCUT2D eigenvalue weighted by atomic mass is 9.89. The highest BCUT2D eigenvalue weighted by Gasteiger charge is 2.27. The topological polar surface area (TPSA) is 79.1 Å². The quantitative estimate of drug-likeness (QED) is 0.297. The standard InChI is InChI=1S/C24H34N4O3.HI/c1-18-8-10-19(11-9-18)23-20(6-4-15-31-23)16-26-24(27-17-22(29)28(2)3)25-13-12-21-7-5-14-30-21;/h5,7-11,14,20,23H,4,6,12-13,15-17H2,1-3H3,(H2,25,26,27);1H. The number of nitrogens with zero attached hydrogens (tertiary/aromatic N) is 2. The van der Waals surface area contributed by atoms with Crippen LogP contribution in [0, 0.1) is 12.8 Å². The van der Waals surface area contributed by atoms with Crippen LogP contribution in [-0.4, -0.2) is 57.1 Å². The molecule has 1 aliphatic heterocycles. The van der Waals surface area contributed by atoms with Gasteiger partial charge in [-0.1, -0.05) is 29.8 Å². The van der Waals surface area contributed by atoms with Gasteiger partial charge in [-0.2, -0.15) is 0 Å². The zero-order chi connectivity index (χ0) is 22.1. The summed E-state index contributed by atoms with van der Waals surface area (Å²) in [6, 6.07) is 12.4. The van der Waals surface area contributed by atoms with Gasteiger partial charge >= 0.3 is 0 Å². The van der Waals surface area contributed by atoms with Gasteiger partial charge in [0.05, 0.1) is 12.4 Å². The van der Waals surface area contributed by atoms with Crippen molar-refractivity contribution in [2.24, 2.45) is 10.9 Å². The molecule has 1 saturated heterocycles. The number of hydrogen-bond acceptors (Lipinski definition) is 4. The zero-order valence-corrected chi connectivity index (χ0v) is 21.5. The van der Waals surface area contributed by atoms with Crippen molar-refractivity contribution >= 4 is 35.8 Å². The summed E-state index contributed by atoms with van der Waals surface area (Å²) in [5, 5.41) is 6.75. The molecule has 7 nitrogen and oxygen atoms in total. The summed E-state index contributed by atoms with van der Waals surface area (Å²) in [4.78, 5) is 18.0. The first kappa shape index (κ1) is 26.2. The van der Waals surface area contributed by atoms with E-state index in [0.29, 0.717) is 18.4 Å². The maximum absolute atomic E-state index is 12.0. The predicted molar refractivity (Wildman–Crippen MR) is 137 cm³/mol. The lowest BCUT2D eigenvalue weighted by molar-refractivity contribution is -0.127. The first-order valence-electron chi connectivity index (χ1n) is 11.0. The maximum atomic E-state index is 12.0. The Balaban J connectivity index is 0.00000363. The Kier molecular flexibility index (Phi) is 11.0. The van der Waals surface area contributed by atoms with Gasteiger partial charge in [0.2, 0.25) is 5.91 Å². The van der Waals surface area contributed by atoms with Crippen molar-refractivity contribution in [2.45, 2.75) is 32.3 Å². The summed E-state index contributed by atoms with van der Waals surface area (Å²) in [6.07, 6.45) is 4.61. The summed E-state index contributed by atoms with van der Waals surface area (Å²) < 4.78 is 11.5. The second kappa shape index (κ2) is 13.5. The minimum absolute atomic E-state index is 0. The van der Waals surface area contributed by atoms with Crippen LogP contribution in [0.5, 0.6) is 0 Å². The number of aryl methyl sites for hydroxylation is 1. The van der Waals surface area contributed by atoms with Crippen LogP contribution in [0.2, 0.25) is 0 Å². The van der Waals surface area contributed by atoms with E-state index in [1.807, 2.05) is 12.1 Å². The van der Waals surface area contributed by atoms with Crippen LogP contribution in [0.15, 0.2) is 52.1 Å². The number of hydrogen-bond donors (Lipinski definition) is 2. The van der Waals surface area contributed by atoms with Crippen LogP contribution >= 0.6 is 24.0 Å². The van der Waals surface area contributed by atoms with Crippen molar-refractivity contribution in [3.8, 4) is 0 Å². The van der Waals surface area contributed by atoms with Crippen molar-refractivity contribution in [3.63, 3.8) is 0 Å². The molecule has 1 aromatic carbocycles. The number of aliphatic imine (C=N–C) groups is 1. The van der Waals surface area contributed by atoms with Crippen molar-refractivity contribution in [1.29, 1.82) is 0 Å². The van der Waals surface area contributed by atoms with E-state index in [0.717, 1.165) is 38.2 Å². The molecule has 0 spiro atoms. The Bertz CT molecular complexity index is 837. The molecule has 0 radical (unpaired) electrons. The van der Waals surface area contributed by atoms with Gasteiger partial charge in [0.25, 0.3) is 0 Å². The van der Waals surface area contributed by atoms with Crippen LogP contribution in [0.4, 0.5) is 0 Å². The van der Waals surface area contributed by atoms with Gasteiger partial charge in [-0.3, -0.25) is 4.79 Å². The van der Waals surface area contributed by atoms with Gasteiger partial charge in [-0.05, 0) is 37.5 Å². The van der Waals surface area contributed by atoms with E-state index in [1.165, 1.54) is 11.1 Å². The summed E-state index contributed by atoms with van der Waals surface area (Å²) in [7, 11) is 3.47. The normalized spacial score (nSPS) is 18.5. The molecule has 176 valence electrons. The number of carbonyl (C=O) groups excluding carboxylic acids is 1. The van der Waals surface area contributed by atoms with Crippen molar-refractivity contribution < 1.29 is 13.9 Å². The first-order valence-corrected chi connectivity index (χ1v) is 11.0. The number of likely N-dealkylation sites (N-methyl/N-ethyl adjacent to an activating group) is 1. The van der Waals surface area contributed by atoms with E-state index in [1.54, 1.807) is 25.3 Å². The molecule has 8 heteroatoms. The predicted octanol–water partition coefficient (Wildman–Crippen LogP) is 3.54. The lowest BCUT2D eigenvalue weighted by Crippen LogP contribution is -2.43. The number of nitrogens with one attached hydrogen (secondary N) is 2. The fourth-order valence-corrected chi connectivity index (χ4v) is 3.63. The lowest BCUT2D eigenvalue weighted by Gasteiger charge is -2.32. The minimum atomic E-state index is -0.0364.